The summed E-state index contributed by atoms with van der Waals surface area (Å²) in [7, 11) is 0. The Balaban J connectivity index is 2.47. The van der Waals surface area contributed by atoms with Crippen molar-refractivity contribution in [3.05, 3.63) is 20.8 Å². The zero-order valence-electron chi connectivity index (χ0n) is 9.72. The maximum absolute atomic E-state index is 6.18. The van der Waals surface area contributed by atoms with E-state index in [1.54, 1.807) is 11.3 Å². The van der Waals surface area contributed by atoms with Crippen molar-refractivity contribution in [1.82, 2.24) is 0 Å². The van der Waals surface area contributed by atoms with E-state index in [4.69, 9.17) is 17.3 Å². The van der Waals surface area contributed by atoms with Gasteiger partial charge in [-0.25, -0.2) is 0 Å². The lowest BCUT2D eigenvalue weighted by Gasteiger charge is -2.11. The van der Waals surface area contributed by atoms with Crippen LogP contribution in [-0.2, 0) is 0 Å². The molecule has 15 heavy (non-hydrogen) atoms. The molecule has 0 fully saturated rings. The lowest BCUT2D eigenvalue weighted by molar-refractivity contribution is 0.508. The minimum absolute atomic E-state index is 0.120. The summed E-state index contributed by atoms with van der Waals surface area (Å²) in [6, 6.07) is 0.120. The number of hydrogen-bond acceptors (Lipinski definition) is 2. The molecule has 0 bridgehead atoms. The minimum atomic E-state index is 0.120. The van der Waals surface area contributed by atoms with Crippen LogP contribution in [0.15, 0.2) is 5.38 Å². The Kier molecular flexibility index (Phi) is 5.10. The minimum Gasteiger partial charge on any atom is -0.323 e. The Bertz CT molecular complexity index is 307. The molecular weight excluding hydrogens is 226 g/mol. The lowest BCUT2D eigenvalue weighted by Crippen LogP contribution is -2.09. The van der Waals surface area contributed by atoms with Crippen LogP contribution in [-0.4, -0.2) is 0 Å². The highest BCUT2D eigenvalue weighted by atomic mass is 35.5. The summed E-state index contributed by atoms with van der Waals surface area (Å²) in [5.74, 6) is 0.762. The van der Waals surface area contributed by atoms with Gasteiger partial charge < -0.3 is 5.73 Å². The Labute approximate surface area is 102 Å². The highest BCUT2D eigenvalue weighted by molar-refractivity contribution is 7.10. The molecule has 0 aliphatic carbocycles. The molecule has 2 N–H and O–H groups in total. The Morgan fingerprint density at radius 2 is 2.07 bits per heavy atom. The van der Waals surface area contributed by atoms with Gasteiger partial charge in [-0.05, 0) is 30.2 Å². The van der Waals surface area contributed by atoms with E-state index in [0.29, 0.717) is 0 Å². The predicted octanol–water partition coefficient (Wildman–Crippen LogP) is 4.54. The molecule has 0 spiro atoms. The van der Waals surface area contributed by atoms with Crippen molar-refractivity contribution in [2.45, 2.75) is 46.1 Å². The maximum atomic E-state index is 6.18. The zero-order chi connectivity index (χ0) is 11.4. The van der Waals surface area contributed by atoms with Crippen LogP contribution in [0.4, 0.5) is 0 Å². The fourth-order valence-electron chi connectivity index (χ4n) is 1.58. The molecule has 1 aromatic heterocycles. The summed E-state index contributed by atoms with van der Waals surface area (Å²) in [6.07, 6.45) is 3.47. The van der Waals surface area contributed by atoms with Crippen molar-refractivity contribution in [2.24, 2.45) is 11.7 Å². The van der Waals surface area contributed by atoms with Crippen molar-refractivity contribution in [1.29, 1.82) is 0 Å². The van der Waals surface area contributed by atoms with Gasteiger partial charge in [-0.1, -0.05) is 38.3 Å². The van der Waals surface area contributed by atoms with E-state index >= 15 is 0 Å². The normalized spacial score (nSPS) is 13.5. The van der Waals surface area contributed by atoms with Crippen LogP contribution < -0.4 is 5.73 Å². The molecule has 0 aliphatic rings. The summed E-state index contributed by atoms with van der Waals surface area (Å²) in [5, 5.41) is 2.96. The van der Waals surface area contributed by atoms with E-state index < -0.39 is 0 Å². The molecular formula is C12H20ClNS. The first kappa shape index (κ1) is 13.0. The van der Waals surface area contributed by atoms with Crippen molar-refractivity contribution in [3.8, 4) is 0 Å². The Morgan fingerprint density at radius 1 is 1.40 bits per heavy atom. The molecule has 0 aromatic carbocycles. The second-order valence-corrected chi connectivity index (χ2v) is 5.82. The van der Waals surface area contributed by atoms with E-state index in [1.807, 2.05) is 6.92 Å². The molecule has 0 radical (unpaired) electrons. The van der Waals surface area contributed by atoms with Gasteiger partial charge in [0.25, 0.3) is 0 Å². The number of halogens is 1. The van der Waals surface area contributed by atoms with Gasteiger partial charge in [0, 0.05) is 10.9 Å². The molecule has 1 rings (SSSR count). The van der Waals surface area contributed by atoms with Gasteiger partial charge >= 0.3 is 0 Å². The van der Waals surface area contributed by atoms with E-state index in [-0.39, 0.29) is 6.04 Å². The summed E-state index contributed by atoms with van der Waals surface area (Å²) in [4.78, 5) is 1.15. The largest absolute Gasteiger partial charge is 0.323 e. The molecule has 0 saturated carbocycles. The number of nitrogens with two attached hydrogens (primary N) is 1. The van der Waals surface area contributed by atoms with Crippen LogP contribution >= 0.6 is 22.9 Å². The maximum Gasteiger partial charge on any atom is 0.0590 e. The van der Waals surface area contributed by atoms with E-state index in [9.17, 15) is 0 Å². The van der Waals surface area contributed by atoms with Crippen molar-refractivity contribution in [2.75, 3.05) is 0 Å². The van der Waals surface area contributed by atoms with E-state index in [2.05, 4.69) is 19.2 Å². The monoisotopic (exact) mass is 245 g/mol. The van der Waals surface area contributed by atoms with Gasteiger partial charge in [-0.15, -0.1) is 11.3 Å². The molecule has 1 nitrogen and oxygen atoms in total. The summed E-state index contributed by atoms with van der Waals surface area (Å²) in [5.41, 5.74) is 7.27. The molecule has 0 saturated heterocycles. The van der Waals surface area contributed by atoms with Gasteiger partial charge in [-0.3, -0.25) is 0 Å². The fraction of sp³-hybridized carbons (Fsp3) is 0.667. The summed E-state index contributed by atoms with van der Waals surface area (Å²) < 4.78 is 0. The third kappa shape index (κ3) is 3.78. The van der Waals surface area contributed by atoms with Gasteiger partial charge in [0.1, 0.15) is 0 Å². The zero-order valence-corrected chi connectivity index (χ0v) is 11.3. The molecule has 1 aromatic rings. The topological polar surface area (TPSA) is 26.0 Å². The van der Waals surface area contributed by atoms with Crippen LogP contribution in [0.25, 0.3) is 0 Å². The van der Waals surface area contributed by atoms with Crippen LogP contribution in [0.1, 0.15) is 49.6 Å². The number of aryl methyl sites for hydroxylation is 1. The van der Waals surface area contributed by atoms with E-state index in [1.165, 1.54) is 12.8 Å². The number of hydrogen-bond donors (Lipinski definition) is 1. The third-order valence-electron chi connectivity index (χ3n) is 2.56. The highest BCUT2D eigenvalue weighted by Gasteiger charge is 2.13. The SMILES string of the molecule is Cc1csc(C(N)CCCC(C)C)c1Cl. The van der Waals surface area contributed by atoms with Crippen LogP contribution in [0.5, 0.6) is 0 Å². The molecule has 0 aliphatic heterocycles. The Morgan fingerprint density at radius 3 is 2.53 bits per heavy atom. The average Bonchev–Trinajstić information content (AvgIpc) is 2.47. The standard InChI is InChI=1S/C12H20ClNS/c1-8(2)5-4-6-10(14)12-11(13)9(3)7-15-12/h7-8,10H,4-6,14H2,1-3H3. The molecule has 1 atom stereocenters. The molecule has 3 heteroatoms. The van der Waals surface area contributed by atoms with Crippen LogP contribution in [0, 0.1) is 12.8 Å². The van der Waals surface area contributed by atoms with Gasteiger partial charge in [0.2, 0.25) is 0 Å². The second kappa shape index (κ2) is 5.88. The van der Waals surface area contributed by atoms with Crippen molar-refractivity contribution < 1.29 is 0 Å². The van der Waals surface area contributed by atoms with E-state index in [0.717, 1.165) is 27.8 Å². The van der Waals surface area contributed by atoms with Gasteiger partial charge in [0.15, 0.2) is 0 Å². The first-order valence-electron chi connectivity index (χ1n) is 5.51. The van der Waals surface area contributed by atoms with Crippen LogP contribution in [0.2, 0.25) is 5.02 Å². The highest BCUT2D eigenvalue weighted by Crippen LogP contribution is 2.33. The molecule has 1 unspecified atom stereocenters. The summed E-state index contributed by atoms with van der Waals surface area (Å²) >= 11 is 7.86. The second-order valence-electron chi connectivity index (χ2n) is 4.53. The number of thiophene rings is 1. The summed E-state index contributed by atoms with van der Waals surface area (Å²) in [6.45, 7) is 6.52. The molecule has 0 amide bonds. The number of rotatable bonds is 5. The first-order valence-corrected chi connectivity index (χ1v) is 6.77. The smallest absolute Gasteiger partial charge is 0.0590 e. The predicted molar refractivity (Wildman–Crippen MR) is 69.7 cm³/mol. The van der Waals surface area contributed by atoms with Gasteiger partial charge in [-0.2, -0.15) is 0 Å². The van der Waals surface area contributed by atoms with Crippen molar-refractivity contribution >= 4 is 22.9 Å². The average molecular weight is 246 g/mol. The van der Waals surface area contributed by atoms with Crippen LogP contribution in [0.3, 0.4) is 0 Å². The van der Waals surface area contributed by atoms with Crippen molar-refractivity contribution in [3.63, 3.8) is 0 Å². The van der Waals surface area contributed by atoms with Gasteiger partial charge in [0.05, 0.1) is 5.02 Å². The first-order chi connectivity index (χ1) is 7.02. The molecule has 1 heterocycles. The quantitative estimate of drug-likeness (QED) is 0.810. The molecule has 86 valence electrons. The Hall–Kier alpha value is -0.0500. The third-order valence-corrected chi connectivity index (χ3v) is 4.40. The fourth-order valence-corrected chi connectivity index (χ4v) is 2.95. The lowest BCUT2D eigenvalue weighted by atomic mass is 10.0.